The highest BCUT2D eigenvalue weighted by Crippen LogP contribution is 2.38. The van der Waals surface area contributed by atoms with E-state index in [4.69, 9.17) is 5.11 Å². The van der Waals surface area contributed by atoms with E-state index in [1.54, 1.807) is 6.07 Å². The van der Waals surface area contributed by atoms with Gasteiger partial charge in [0.1, 0.15) is 12.1 Å². The molecule has 1 saturated heterocycles. The minimum atomic E-state index is -0.750. The Morgan fingerprint density at radius 3 is 2.79 bits per heavy atom. The predicted octanol–water partition coefficient (Wildman–Crippen LogP) is 3.07. The zero-order chi connectivity index (χ0) is 17.1. The maximum atomic E-state index is 13.5. The number of hydrogen-bond donors (Lipinski definition) is 1. The lowest BCUT2D eigenvalue weighted by Gasteiger charge is -2.37. The first-order valence-electron chi connectivity index (χ1n) is 8.75. The second-order valence-corrected chi connectivity index (χ2v) is 7.13. The van der Waals surface area contributed by atoms with Crippen LogP contribution in [0.4, 0.5) is 4.39 Å². The van der Waals surface area contributed by atoms with E-state index >= 15 is 0 Å². The Hall–Kier alpha value is -1.75. The van der Waals surface area contributed by atoms with Crippen LogP contribution in [0.2, 0.25) is 0 Å². The molecule has 4 nitrogen and oxygen atoms in total. The van der Waals surface area contributed by atoms with Crippen LogP contribution in [0.3, 0.4) is 0 Å². The lowest BCUT2D eigenvalue weighted by Crippen LogP contribution is -2.42. The Balaban J connectivity index is 1.77. The third-order valence-electron chi connectivity index (χ3n) is 5.62. The maximum Gasteiger partial charge on any atom is 0.303 e. The molecule has 24 heavy (non-hydrogen) atoms. The van der Waals surface area contributed by atoms with Crippen LogP contribution in [0, 0.1) is 17.7 Å². The number of nitrogens with zero attached hydrogens (tertiary/aromatic N) is 1. The van der Waals surface area contributed by atoms with Crippen LogP contribution >= 0.6 is 0 Å². The summed E-state index contributed by atoms with van der Waals surface area (Å²) in [6.07, 6.45) is 5.27. The normalized spacial score (nSPS) is 31.0. The van der Waals surface area contributed by atoms with Gasteiger partial charge in [0.15, 0.2) is 0 Å². The lowest BCUT2D eigenvalue weighted by molar-refractivity contribution is -0.139. The van der Waals surface area contributed by atoms with Crippen LogP contribution in [0.15, 0.2) is 24.3 Å². The molecule has 1 saturated carbocycles. The van der Waals surface area contributed by atoms with E-state index in [2.05, 4.69) is 4.90 Å². The third kappa shape index (κ3) is 3.66. The van der Waals surface area contributed by atoms with Crippen molar-refractivity contribution in [3.63, 3.8) is 0 Å². The first kappa shape index (κ1) is 17.1. The third-order valence-corrected chi connectivity index (χ3v) is 5.62. The second kappa shape index (κ2) is 7.43. The molecule has 4 atom stereocenters. The number of carbonyl (C=O) groups excluding carboxylic acids is 1. The van der Waals surface area contributed by atoms with Gasteiger partial charge in [0.05, 0.1) is 0 Å². The van der Waals surface area contributed by atoms with Crippen molar-refractivity contribution in [1.29, 1.82) is 0 Å². The van der Waals surface area contributed by atoms with Crippen LogP contribution in [0.1, 0.15) is 43.6 Å². The Morgan fingerprint density at radius 2 is 2.08 bits per heavy atom. The number of carboxylic acid groups (broad SMARTS) is 1. The van der Waals surface area contributed by atoms with E-state index in [1.165, 1.54) is 12.1 Å². The van der Waals surface area contributed by atoms with E-state index in [9.17, 15) is 14.0 Å². The van der Waals surface area contributed by atoms with Gasteiger partial charge in [0.2, 0.25) is 0 Å². The summed E-state index contributed by atoms with van der Waals surface area (Å²) in [5.74, 6) is -1.05. The quantitative estimate of drug-likeness (QED) is 0.842. The van der Waals surface area contributed by atoms with E-state index in [0.717, 1.165) is 37.5 Å². The molecular weight excluding hydrogens is 309 g/mol. The Kier molecular flexibility index (Phi) is 5.29. The molecule has 0 bridgehead atoms. The minimum Gasteiger partial charge on any atom is -0.481 e. The van der Waals surface area contributed by atoms with Crippen LogP contribution in [-0.2, 0) is 9.59 Å². The summed E-state index contributed by atoms with van der Waals surface area (Å²) >= 11 is 0. The molecule has 4 unspecified atom stereocenters. The number of halogens is 1. The molecule has 2 aliphatic rings. The molecule has 0 radical (unpaired) electrons. The molecule has 2 fully saturated rings. The van der Waals surface area contributed by atoms with Gasteiger partial charge >= 0.3 is 5.97 Å². The van der Waals surface area contributed by atoms with Crippen LogP contribution in [0.25, 0.3) is 0 Å². The largest absolute Gasteiger partial charge is 0.481 e. The second-order valence-electron chi connectivity index (χ2n) is 7.13. The van der Waals surface area contributed by atoms with Gasteiger partial charge in [-0.2, -0.15) is 0 Å². The van der Waals surface area contributed by atoms with Crippen molar-refractivity contribution in [1.82, 2.24) is 4.90 Å². The van der Waals surface area contributed by atoms with Crippen molar-refractivity contribution >= 4 is 12.3 Å². The number of aldehydes is 1. The van der Waals surface area contributed by atoms with Crippen LogP contribution in [0.5, 0.6) is 0 Å². The van der Waals surface area contributed by atoms with E-state index in [0.29, 0.717) is 13.1 Å². The van der Waals surface area contributed by atoms with Crippen molar-refractivity contribution < 1.29 is 19.1 Å². The van der Waals surface area contributed by atoms with Gasteiger partial charge in [-0.1, -0.05) is 25.0 Å². The average molecular weight is 333 g/mol. The van der Waals surface area contributed by atoms with E-state index in [1.807, 2.05) is 6.07 Å². The summed E-state index contributed by atoms with van der Waals surface area (Å²) in [5.41, 5.74) is 0.861. The molecule has 1 aromatic carbocycles. The summed E-state index contributed by atoms with van der Waals surface area (Å²) in [7, 11) is 0. The molecule has 5 heteroatoms. The van der Waals surface area contributed by atoms with Gasteiger partial charge in [-0.05, 0) is 36.5 Å². The van der Waals surface area contributed by atoms with Crippen LogP contribution < -0.4 is 0 Å². The smallest absolute Gasteiger partial charge is 0.303 e. The zero-order valence-electron chi connectivity index (χ0n) is 13.7. The summed E-state index contributed by atoms with van der Waals surface area (Å²) in [6, 6.07) is 6.71. The van der Waals surface area contributed by atoms with Crippen molar-refractivity contribution in [2.24, 2.45) is 11.8 Å². The number of rotatable bonds is 5. The first-order valence-corrected chi connectivity index (χ1v) is 8.75. The number of hydrogen-bond acceptors (Lipinski definition) is 3. The van der Waals surface area contributed by atoms with E-state index in [-0.39, 0.29) is 36.0 Å². The molecule has 0 amide bonds. The van der Waals surface area contributed by atoms with Gasteiger partial charge in [0, 0.05) is 37.4 Å². The summed E-state index contributed by atoms with van der Waals surface area (Å²) in [6.45, 7) is 1.35. The summed E-state index contributed by atoms with van der Waals surface area (Å²) in [5, 5.41) is 9.17. The van der Waals surface area contributed by atoms with Gasteiger partial charge in [-0.25, -0.2) is 4.39 Å². The molecule has 1 aliphatic heterocycles. The minimum absolute atomic E-state index is 0.00870. The standard InChI is InChI=1S/C19H24FNO3/c20-16-6-3-5-13(8-16)17-11-21(10-15(17)12-22)18-7-2-1-4-14(18)9-19(23)24/h3,5-6,8,12,14-15,17-18H,1-2,4,7,9-11H2,(H,23,24). The van der Waals surface area contributed by atoms with Gasteiger partial charge in [-0.15, -0.1) is 0 Å². The van der Waals surface area contributed by atoms with Gasteiger partial charge < -0.3 is 9.90 Å². The fraction of sp³-hybridized carbons (Fsp3) is 0.579. The fourth-order valence-corrected chi connectivity index (χ4v) is 4.49. The molecule has 1 heterocycles. The SMILES string of the molecule is O=CC1CN(C2CCCCC2CC(=O)O)CC1c1cccc(F)c1. The molecule has 3 rings (SSSR count). The number of aliphatic carboxylic acids is 1. The highest BCUT2D eigenvalue weighted by atomic mass is 19.1. The maximum absolute atomic E-state index is 13.5. The Labute approximate surface area is 141 Å². The number of benzene rings is 1. The number of likely N-dealkylation sites (tertiary alicyclic amines) is 1. The highest BCUT2D eigenvalue weighted by molar-refractivity contribution is 5.67. The van der Waals surface area contributed by atoms with Crippen molar-refractivity contribution in [3.8, 4) is 0 Å². The molecule has 0 spiro atoms. The predicted molar refractivity (Wildman–Crippen MR) is 88.3 cm³/mol. The molecule has 0 aromatic heterocycles. The monoisotopic (exact) mass is 333 g/mol. The van der Waals surface area contributed by atoms with Crippen molar-refractivity contribution in [2.75, 3.05) is 13.1 Å². The van der Waals surface area contributed by atoms with Crippen molar-refractivity contribution in [2.45, 2.75) is 44.1 Å². The Bertz CT molecular complexity index is 606. The van der Waals surface area contributed by atoms with Gasteiger partial charge in [0.25, 0.3) is 0 Å². The molecular formula is C19H24FNO3. The first-order chi connectivity index (χ1) is 11.6. The molecule has 1 aliphatic carbocycles. The molecule has 130 valence electrons. The van der Waals surface area contributed by atoms with Gasteiger partial charge in [-0.3, -0.25) is 9.69 Å². The lowest BCUT2D eigenvalue weighted by atomic mass is 9.81. The average Bonchev–Trinajstić information content (AvgIpc) is 2.99. The van der Waals surface area contributed by atoms with Crippen molar-refractivity contribution in [3.05, 3.63) is 35.6 Å². The number of carboxylic acids is 1. The van der Waals surface area contributed by atoms with Crippen LogP contribution in [-0.4, -0.2) is 41.4 Å². The fourth-order valence-electron chi connectivity index (χ4n) is 4.49. The molecule has 1 N–H and O–H groups in total. The highest BCUT2D eigenvalue weighted by Gasteiger charge is 2.40. The Morgan fingerprint density at radius 1 is 1.29 bits per heavy atom. The molecule has 1 aromatic rings. The topological polar surface area (TPSA) is 57.6 Å². The summed E-state index contributed by atoms with van der Waals surface area (Å²) in [4.78, 5) is 25.0. The zero-order valence-corrected chi connectivity index (χ0v) is 13.7. The number of carbonyl (C=O) groups is 2. The van der Waals surface area contributed by atoms with E-state index < -0.39 is 5.97 Å². The summed E-state index contributed by atoms with van der Waals surface area (Å²) < 4.78 is 13.5.